The molecular weight excluding hydrogens is 721 g/mol. The van der Waals surface area contributed by atoms with Gasteiger partial charge in [0.1, 0.15) is 5.60 Å². The average Bonchev–Trinajstić information content (AvgIpc) is 2.72. The summed E-state index contributed by atoms with van der Waals surface area (Å²) in [6, 6.07) is 9.41. The minimum absolute atomic E-state index is 0.00251. The number of amides is 1. The molecule has 3 rings (SSSR count). The SMILES string of the molecule is CC(C)(C)OC(=O)N1CCC(CS(=O)(=O)c2ccc(-c3c(Cl)cc(N)cc3C(F)(I)I)cc2)CC1. The van der Waals surface area contributed by atoms with E-state index in [1.165, 1.54) is 18.2 Å². The number of piperidine rings is 1. The number of rotatable bonds is 5. The number of halogens is 4. The van der Waals surface area contributed by atoms with Crippen molar-refractivity contribution in [2.24, 2.45) is 5.92 Å². The Morgan fingerprint density at radius 2 is 1.74 bits per heavy atom. The summed E-state index contributed by atoms with van der Waals surface area (Å²) in [5.41, 5.74) is 7.03. The van der Waals surface area contributed by atoms with E-state index in [0.29, 0.717) is 53.3 Å². The molecule has 1 amide bonds. The first-order chi connectivity index (χ1) is 16.1. The number of carbonyl (C=O) groups is 1. The first kappa shape index (κ1) is 28.7. The van der Waals surface area contributed by atoms with E-state index in [-0.39, 0.29) is 22.7 Å². The molecule has 1 fully saturated rings. The smallest absolute Gasteiger partial charge is 0.410 e. The van der Waals surface area contributed by atoms with Crippen LogP contribution in [0.25, 0.3) is 11.1 Å². The molecule has 1 saturated heterocycles. The molecule has 0 aliphatic carbocycles. The van der Waals surface area contributed by atoms with E-state index < -0.39 is 17.1 Å². The zero-order chi connectivity index (χ0) is 26.2. The van der Waals surface area contributed by atoms with Crippen molar-refractivity contribution in [3.63, 3.8) is 0 Å². The molecule has 0 aromatic heterocycles. The quantitative estimate of drug-likeness (QED) is 0.203. The minimum Gasteiger partial charge on any atom is -0.444 e. The molecule has 1 aliphatic heterocycles. The van der Waals surface area contributed by atoms with E-state index in [4.69, 9.17) is 22.1 Å². The number of nitrogens with zero attached hydrogens (tertiary/aromatic N) is 1. The molecule has 1 heterocycles. The molecule has 1 aliphatic rings. The van der Waals surface area contributed by atoms with Crippen LogP contribution in [0, 0.1) is 5.92 Å². The van der Waals surface area contributed by atoms with Crippen LogP contribution in [0.2, 0.25) is 5.02 Å². The van der Waals surface area contributed by atoms with Gasteiger partial charge >= 0.3 is 6.09 Å². The Labute approximate surface area is 238 Å². The fourth-order valence-corrected chi connectivity index (χ4v) is 6.87. The topological polar surface area (TPSA) is 89.7 Å². The molecule has 0 radical (unpaired) electrons. The van der Waals surface area contributed by atoms with E-state index in [1.54, 1.807) is 68.3 Å². The molecule has 0 unspecified atom stereocenters. The van der Waals surface area contributed by atoms with Gasteiger partial charge in [0.15, 0.2) is 9.84 Å². The summed E-state index contributed by atoms with van der Waals surface area (Å²) in [7, 11) is -3.55. The van der Waals surface area contributed by atoms with Crippen molar-refractivity contribution in [2.75, 3.05) is 24.6 Å². The molecule has 35 heavy (non-hydrogen) atoms. The summed E-state index contributed by atoms with van der Waals surface area (Å²) in [4.78, 5) is 14.1. The van der Waals surface area contributed by atoms with E-state index in [2.05, 4.69) is 0 Å². The predicted octanol–water partition coefficient (Wildman–Crippen LogP) is 6.96. The molecule has 192 valence electrons. The van der Waals surface area contributed by atoms with Crippen molar-refractivity contribution in [1.82, 2.24) is 4.90 Å². The van der Waals surface area contributed by atoms with Crippen LogP contribution < -0.4 is 5.73 Å². The summed E-state index contributed by atoms with van der Waals surface area (Å²) >= 11 is 9.73. The Balaban J connectivity index is 1.72. The number of nitrogens with two attached hydrogens (primary N) is 1. The first-order valence-electron chi connectivity index (χ1n) is 11.0. The molecule has 0 spiro atoms. The molecule has 2 aromatic rings. The van der Waals surface area contributed by atoms with Crippen molar-refractivity contribution < 1.29 is 22.3 Å². The zero-order valence-electron chi connectivity index (χ0n) is 19.7. The van der Waals surface area contributed by atoms with Gasteiger partial charge < -0.3 is 15.4 Å². The maximum absolute atomic E-state index is 14.8. The lowest BCUT2D eigenvalue weighted by Crippen LogP contribution is -2.42. The summed E-state index contributed by atoms with van der Waals surface area (Å²) in [6.45, 7) is 6.37. The summed E-state index contributed by atoms with van der Waals surface area (Å²) < 4.78 is 44.7. The van der Waals surface area contributed by atoms with Gasteiger partial charge in [-0.05, 0) is 115 Å². The van der Waals surface area contributed by atoms with Gasteiger partial charge in [-0.2, -0.15) is 0 Å². The second-order valence-corrected chi connectivity index (χ2v) is 17.1. The van der Waals surface area contributed by atoms with Gasteiger partial charge in [-0.1, -0.05) is 23.7 Å². The lowest BCUT2D eigenvalue weighted by molar-refractivity contribution is 0.0191. The number of nitrogen functional groups attached to an aromatic ring is 1. The minimum atomic E-state index is -3.55. The Morgan fingerprint density at radius 1 is 1.17 bits per heavy atom. The number of sulfone groups is 1. The highest BCUT2D eigenvalue weighted by Crippen LogP contribution is 2.48. The number of alkyl halides is 3. The molecule has 11 heteroatoms. The van der Waals surface area contributed by atoms with E-state index >= 15 is 0 Å². The van der Waals surface area contributed by atoms with Crippen LogP contribution in [0.15, 0.2) is 41.3 Å². The summed E-state index contributed by atoms with van der Waals surface area (Å²) in [5, 5.41) is 0.294. The van der Waals surface area contributed by atoms with Crippen LogP contribution in [-0.4, -0.2) is 43.9 Å². The normalized spacial score (nSPS) is 15.8. The lowest BCUT2D eigenvalue weighted by Gasteiger charge is -2.33. The van der Waals surface area contributed by atoms with Gasteiger partial charge in [-0.3, -0.25) is 0 Å². The molecule has 2 N–H and O–H groups in total. The highest BCUT2D eigenvalue weighted by atomic mass is 127. The number of anilines is 1. The van der Waals surface area contributed by atoms with Crippen molar-refractivity contribution in [3.8, 4) is 11.1 Å². The third-order valence-electron chi connectivity index (χ3n) is 5.64. The predicted molar refractivity (Wildman–Crippen MR) is 155 cm³/mol. The zero-order valence-corrected chi connectivity index (χ0v) is 25.5. The van der Waals surface area contributed by atoms with Crippen LogP contribution in [0.1, 0.15) is 39.2 Å². The highest BCUT2D eigenvalue weighted by molar-refractivity contribution is 14.2. The lowest BCUT2D eigenvalue weighted by atomic mass is 9.99. The van der Waals surface area contributed by atoms with Crippen LogP contribution in [0.5, 0.6) is 0 Å². The Hall–Kier alpha value is -0.860. The van der Waals surface area contributed by atoms with Gasteiger partial charge in [0.25, 0.3) is 0 Å². The van der Waals surface area contributed by atoms with Crippen LogP contribution >= 0.6 is 56.8 Å². The molecule has 2 aromatic carbocycles. The Morgan fingerprint density at radius 3 is 2.26 bits per heavy atom. The summed E-state index contributed by atoms with van der Waals surface area (Å²) in [5.74, 6) is -0.0565. The molecule has 6 nitrogen and oxygen atoms in total. The number of carbonyl (C=O) groups excluding carboxylic acids is 1. The number of likely N-dealkylation sites (tertiary alicyclic amines) is 1. The summed E-state index contributed by atoms with van der Waals surface area (Å²) in [6.07, 6.45) is 0.806. The third-order valence-corrected chi connectivity index (χ3v) is 9.00. The van der Waals surface area contributed by atoms with E-state index in [0.717, 1.165) is 0 Å². The van der Waals surface area contributed by atoms with Crippen LogP contribution in [0.3, 0.4) is 0 Å². The first-order valence-corrected chi connectivity index (χ1v) is 15.2. The third kappa shape index (κ3) is 7.57. The van der Waals surface area contributed by atoms with Crippen molar-refractivity contribution in [1.29, 1.82) is 0 Å². The second kappa shape index (κ2) is 10.9. The van der Waals surface area contributed by atoms with E-state index in [1.807, 2.05) is 20.8 Å². The number of benzene rings is 2. The van der Waals surface area contributed by atoms with Crippen LogP contribution in [0.4, 0.5) is 14.9 Å². The largest absolute Gasteiger partial charge is 0.444 e. The molecular formula is C24H28ClFI2N2O4S. The number of hydrogen-bond acceptors (Lipinski definition) is 5. The maximum Gasteiger partial charge on any atom is 0.410 e. The monoisotopic (exact) mass is 748 g/mol. The molecule has 0 atom stereocenters. The van der Waals surface area contributed by atoms with Gasteiger partial charge in [0.05, 0.1) is 15.7 Å². The standard InChI is InChI=1S/C24H28ClFI2N2O4S/c1-23(2,3)34-22(31)30-10-8-15(9-11-30)14-35(32,33)18-6-4-16(5-7-18)21-19(24(26,27)28)12-17(29)13-20(21)25/h4-7,12-13,15H,8-11,14,29H2,1-3H3. The number of hydrogen-bond donors (Lipinski definition) is 1. The average molecular weight is 749 g/mol. The van der Waals surface area contributed by atoms with E-state index in [9.17, 15) is 17.6 Å². The van der Waals surface area contributed by atoms with Gasteiger partial charge in [0.2, 0.25) is 1.68 Å². The van der Waals surface area contributed by atoms with Crippen molar-refractivity contribution >= 4 is 78.4 Å². The van der Waals surface area contributed by atoms with Crippen LogP contribution in [-0.2, 0) is 16.3 Å². The van der Waals surface area contributed by atoms with Crippen molar-refractivity contribution in [2.45, 2.75) is 45.8 Å². The molecule has 0 saturated carbocycles. The second-order valence-electron chi connectivity index (χ2n) is 9.64. The number of ether oxygens (including phenoxy) is 1. The Bertz CT molecular complexity index is 1190. The van der Waals surface area contributed by atoms with Gasteiger partial charge in [-0.25, -0.2) is 17.6 Å². The van der Waals surface area contributed by atoms with Gasteiger partial charge in [0, 0.05) is 29.9 Å². The maximum atomic E-state index is 14.8. The fourth-order valence-electron chi connectivity index (χ4n) is 3.99. The molecule has 0 bridgehead atoms. The fraction of sp³-hybridized carbons (Fsp3) is 0.458. The van der Waals surface area contributed by atoms with Gasteiger partial charge in [-0.15, -0.1) is 0 Å². The van der Waals surface area contributed by atoms with Crippen molar-refractivity contribution in [3.05, 3.63) is 47.0 Å². The Kier molecular flexibility index (Phi) is 8.91. The highest BCUT2D eigenvalue weighted by Gasteiger charge is 2.31.